The number of carbonyl (C=O) groups is 1. The van der Waals surface area contributed by atoms with E-state index in [1.54, 1.807) is 0 Å². The van der Waals surface area contributed by atoms with Gasteiger partial charge in [0.15, 0.2) is 6.29 Å². The standard InChI is InChI=1S/C9H4F3NO/c10-9(11,12)8-6(4-13)2-1-3-7(8)5-14/h1-3,5H. The van der Waals surface area contributed by atoms with Crippen LogP contribution in [0.2, 0.25) is 0 Å². The first-order valence-electron chi connectivity index (χ1n) is 3.56. The molecular weight excluding hydrogens is 195 g/mol. The highest BCUT2D eigenvalue weighted by atomic mass is 19.4. The highest BCUT2D eigenvalue weighted by molar-refractivity contribution is 5.79. The van der Waals surface area contributed by atoms with Crippen molar-refractivity contribution in [2.75, 3.05) is 0 Å². The summed E-state index contributed by atoms with van der Waals surface area (Å²) in [6.07, 6.45) is -4.59. The van der Waals surface area contributed by atoms with Crippen molar-refractivity contribution in [2.45, 2.75) is 6.18 Å². The van der Waals surface area contributed by atoms with Gasteiger partial charge in [0.1, 0.15) is 0 Å². The average Bonchev–Trinajstić information content (AvgIpc) is 2.15. The van der Waals surface area contributed by atoms with E-state index < -0.39 is 22.9 Å². The highest BCUT2D eigenvalue weighted by Crippen LogP contribution is 2.33. The van der Waals surface area contributed by atoms with Crippen molar-refractivity contribution < 1.29 is 18.0 Å². The van der Waals surface area contributed by atoms with E-state index in [2.05, 4.69) is 0 Å². The maximum atomic E-state index is 12.4. The fourth-order valence-corrected chi connectivity index (χ4v) is 1.08. The molecule has 0 bridgehead atoms. The number of nitrogens with zero attached hydrogens (tertiary/aromatic N) is 1. The lowest BCUT2D eigenvalue weighted by Gasteiger charge is -2.10. The fraction of sp³-hybridized carbons (Fsp3) is 0.111. The molecule has 5 heteroatoms. The van der Waals surface area contributed by atoms with Gasteiger partial charge in [0.2, 0.25) is 0 Å². The van der Waals surface area contributed by atoms with Gasteiger partial charge >= 0.3 is 6.18 Å². The summed E-state index contributed by atoms with van der Waals surface area (Å²) in [5.41, 5.74) is -2.23. The molecule has 0 saturated carbocycles. The Bertz CT molecular complexity index is 403. The smallest absolute Gasteiger partial charge is 0.298 e. The molecule has 0 aliphatic rings. The average molecular weight is 199 g/mol. The molecule has 72 valence electrons. The number of aldehydes is 1. The van der Waals surface area contributed by atoms with Gasteiger partial charge in [-0.1, -0.05) is 12.1 Å². The van der Waals surface area contributed by atoms with Crippen LogP contribution in [0.25, 0.3) is 0 Å². The van der Waals surface area contributed by atoms with Crippen LogP contribution in [0.4, 0.5) is 13.2 Å². The molecule has 2 nitrogen and oxygen atoms in total. The number of alkyl halides is 3. The molecule has 0 fully saturated rings. The Kier molecular flexibility index (Phi) is 2.56. The summed E-state index contributed by atoms with van der Waals surface area (Å²) in [7, 11) is 0. The Morgan fingerprint density at radius 2 is 2.00 bits per heavy atom. The Morgan fingerprint density at radius 1 is 1.36 bits per heavy atom. The minimum absolute atomic E-state index is 0.0870. The zero-order chi connectivity index (χ0) is 10.8. The molecule has 0 heterocycles. The molecule has 0 unspecified atom stereocenters. The zero-order valence-corrected chi connectivity index (χ0v) is 6.80. The molecule has 0 aliphatic carbocycles. The molecule has 14 heavy (non-hydrogen) atoms. The predicted octanol–water partition coefficient (Wildman–Crippen LogP) is 2.39. The summed E-state index contributed by atoms with van der Waals surface area (Å²) in [6, 6.07) is 4.68. The fourth-order valence-electron chi connectivity index (χ4n) is 1.08. The summed E-state index contributed by atoms with van der Waals surface area (Å²) in [4.78, 5) is 10.3. The Labute approximate surface area is 77.6 Å². The first kappa shape index (κ1) is 10.3. The second kappa shape index (κ2) is 3.50. The van der Waals surface area contributed by atoms with Crippen LogP contribution in [0.15, 0.2) is 18.2 Å². The second-order valence-corrected chi connectivity index (χ2v) is 2.50. The van der Waals surface area contributed by atoms with E-state index in [-0.39, 0.29) is 6.29 Å². The minimum Gasteiger partial charge on any atom is -0.298 e. The molecule has 0 radical (unpaired) electrons. The highest BCUT2D eigenvalue weighted by Gasteiger charge is 2.36. The van der Waals surface area contributed by atoms with E-state index in [0.29, 0.717) is 0 Å². The minimum atomic E-state index is -4.68. The maximum absolute atomic E-state index is 12.4. The summed E-state index contributed by atoms with van der Waals surface area (Å²) >= 11 is 0. The van der Waals surface area contributed by atoms with Crippen LogP contribution in [-0.4, -0.2) is 6.29 Å². The topological polar surface area (TPSA) is 40.9 Å². The van der Waals surface area contributed by atoms with E-state index in [1.807, 2.05) is 0 Å². The molecule has 0 amide bonds. The van der Waals surface area contributed by atoms with Gasteiger partial charge in [0.05, 0.1) is 17.2 Å². The Balaban J connectivity index is 3.51. The molecule has 1 aromatic rings. The van der Waals surface area contributed by atoms with Crippen LogP contribution >= 0.6 is 0 Å². The first-order valence-corrected chi connectivity index (χ1v) is 3.56. The lowest BCUT2D eigenvalue weighted by Crippen LogP contribution is -2.11. The summed E-state index contributed by atoms with van der Waals surface area (Å²) in [5, 5.41) is 8.44. The van der Waals surface area contributed by atoms with Crippen molar-refractivity contribution in [1.29, 1.82) is 5.26 Å². The van der Waals surface area contributed by atoms with E-state index in [1.165, 1.54) is 12.1 Å². The number of benzene rings is 1. The third kappa shape index (κ3) is 1.74. The molecule has 0 aliphatic heterocycles. The second-order valence-electron chi connectivity index (χ2n) is 2.50. The Morgan fingerprint density at radius 3 is 2.43 bits per heavy atom. The number of hydrogen-bond acceptors (Lipinski definition) is 2. The summed E-state index contributed by atoms with van der Waals surface area (Å²) in [5.74, 6) is 0. The van der Waals surface area contributed by atoms with Crippen molar-refractivity contribution in [3.05, 3.63) is 34.9 Å². The van der Waals surface area contributed by atoms with Crippen LogP contribution in [-0.2, 0) is 6.18 Å². The largest absolute Gasteiger partial charge is 0.418 e. The molecule has 0 spiro atoms. The van der Waals surface area contributed by atoms with Gasteiger partial charge in [-0.05, 0) is 6.07 Å². The van der Waals surface area contributed by atoms with Crippen molar-refractivity contribution in [3.63, 3.8) is 0 Å². The van der Waals surface area contributed by atoms with Crippen LogP contribution in [0.1, 0.15) is 21.5 Å². The molecule has 0 saturated heterocycles. The SMILES string of the molecule is N#Cc1cccc(C=O)c1C(F)(F)F. The van der Waals surface area contributed by atoms with Crippen molar-refractivity contribution in [1.82, 2.24) is 0 Å². The van der Waals surface area contributed by atoms with Crippen molar-refractivity contribution in [2.24, 2.45) is 0 Å². The van der Waals surface area contributed by atoms with Gasteiger partial charge in [-0.15, -0.1) is 0 Å². The van der Waals surface area contributed by atoms with Crippen molar-refractivity contribution >= 4 is 6.29 Å². The number of hydrogen-bond donors (Lipinski definition) is 0. The predicted molar refractivity (Wildman–Crippen MR) is 41.5 cm³/mol. The third-order valence-corrected chi connectivity index (χ3v) is 1.63. The monoisotopic (exact) mass is 199 g/mol. The number of carbonyl (C=O) groups excluding carboxylic acids is 1. The molecular formula is C9H4F3NO. The van der Waals surface area contributed by atoms with Gasteiger partial charge in [-0.2, -0.15) is 18.4 Å². The summed E-state index contributed by atoms with van der Waals surface area (Å²) in [6.45, 7) is 0. The number of halogens is 3. The molecule has 0 aromatic heterocycles. The molecule has 1 rings (SSSR count). The van der Waals surface area contributed by atoms with Crippen LogP contribution in [0.5, 0.6) is 0 Å². The number of nitriles is 1. The van der Waals surface area contributed by atoms with Gasteiger partial charge in [0.25, 0.3) is 0 Å². The molecule has 1 aromatic carbocycles. The van der Waals surface area contributed by atoms with E-state index in [4.69, 9.17) is 5.26 Å². The van der Waals surface area contributed by atoms with Crippen LogP contribution < -0.4 is 0 Å². The molecule has 0 atom stereocenters. The molecule has 0 N–H and O–H groups in total. The maximum Gasteiger partial charge on any atom is 0.418 e. The third-order valence-electron chi connectivity index (χ3n) is 1.63. The van der Waals surface area contributed by atoms with Gasteiger partial charge < -0.3 is 0 Å². The summed E-state index contributed by atoms with van der Waals surface area (Å²) < 4.78 is 37.1. The van der Waals surface area contributed by atoms with E-state index in [9.17, 15) is 18.0 Å². The van der Waals surface area contributed by atoms with Gasteiger partial charge in [0, 0.05) is 5.56 Å². The first-order chi connectivity index (χ1) is 6.50. The van der Waals surface area contributed by atoms with Crippen molar-refractivity contribution in [3.8, 4) is 6.07 Å². The van der Waals surface area contributed by atoms with Crippen LogP contribution in [0, 0.1) is 11.3 Å². The lowest BCUT2D eigenvalue weighted by atomic mass is 10.0. The van der Waals surface area contributed by atoms with E-state index in [0.717, 1.165) is 12.1 Å². The van der Waals surface area contributed by atoms with Crippen LogP contribution in [0.3, 0.4) is 0 Å². The van der Waals surface area contributed by atoms with Gasteiger partial charge in [-0.3, -0.25) is 4.79 Å². The normalized spacial score (nSPS) is 10.7. The van der Waals surface area contributed by atoms with Gasteiger partial charge in [-0.25, -0.2) is 0 Å². The lowest BCUT2D eigenvalue weighted by molar-refractivity contribution is -0.138. The number of rotatable bonds is 1. The zero-order valence-electron chi connectivity index (χ0n) is 6.80. The Hall–Kier alpha value is -1.83. The van der Waals surface area contributed by atoms with E-state index >= 15 is 0 Å². The quantitative estimate of drug-likeness (QED) is 0.651.